The summed E-state index contributed by atoms with van der Waals surface area (Å²) in [4.78, 5) is 11.0. The van der Waals surface area contributed by atoms with E-state index in [0.717, 1.165) is 43.1 Å². The quantitative estimate of drug-likeness (QED) is 0.320. The van der Waals surface area contributed by atoms with E-state index in [9.17, 15) is 0 Å². The Morgan fingerprint density at radius 3 is 2.52 bits per heavy atom. The average molecular weight is 413 g/mol. The molecule has 158 valence electrons. The summed E-state index contributed by atoms with van der Waals surface area (Å²) < 4.78 is 0. The number of H-pyrrole nitrogens is 2. The monoisotopic (exact) mass is 412 g/mol. The number of aromatic nitrogens is 3. The molecule has 0 aromatic carbocycles. The second kappa shape index (κ2) is 12.4. The van der Waals surface area contributed by atoms with Crippen molar-refractivity contribution in [3.63, 3.8) is 0 Å². The molecular weight excluding hydrogens is 376 g/mol. The van der Waals surface area contributed by atoms with Gasteiger partial charge in [0.15, 0.2) is 0 Å². The van der Waals surface area contributed by atoms with Crippen molar-refractivity contribution in [1.29, 1.82) is 0 Å². The number of rotatable bonds is 12. The van der Waals surface area contributed by atoms with Crippen LogP contribution in [-0.2, 0) is 0 Å². The summed E-state index contributed by atoms with van der Waals surface area (Å²) >= 11 is 1.84. The zero-order chi connectivity index (χ0) is 21.1. The summed E-state index contributed by atoms with van der Waals surface area (Å²) in [6.07, 6.45) is 14.9. The smallest absolute Gasteiger partial charge is 0.129 e. The van der Waals surface area contributed by atoms with Crippen molar-refractivity contribution >= 4 is 17.6 Å². The Morgan fingerprint density at radius 2 is 1.86 bits per heavy atom. The van der Waals surface area contributed by atoms with Crippen molar-refractivity contribution in [2.75, 3.05) is 11.1 Å². The lowest BCUT2D eigenvalue weighted by Gasteiger charge is -2.16. The van der Waals surface area contributed by atoms with Crippen LogP contribution in [0.1, 0.15) is 70.8 Å². The Hall–Kier alpha value is -2.14. The van der Waals surface area contributed by atoms with Crippen LogP contribution in [0.2, 0.25) is 0 Å². The fourth-order valence-electron chi connectivity index (χ4n) is 3.01. The molecule has 2 rings (SSSR count). The summed E-state index contributed by atoms with van der Waals surface area (Å²) in [5.74, 6) is 2.91. The van der Waals surface area contributed by atoms with Gasteiger partial charge >= 0.3 is 0 Å². The van der Waals surface area contributed by atoms with Crippen LogP contribution in [0, 0.1) is 6.92 Å². The van der Waals surface area contributed by atoms with Crippen LogP contribution < -0.4 is 5.32 Å². The Morgan fingerprint density at radius 1 is 1.10 bits per heavy atom. The van der Waals surface area contributed by atoms with E-state index in [0.29, 0.717) is 0 Å². The number of aryl methyl sites for hydroxylation is 1. The molecule has 1 unspecified atom stereocenters. The number of nitrogens with one attached hydrogen (secondary N) is 3. The maximum absolute atomic E-state index is 4.44. The van der Waals surface area contributed by atoms with E-state index in [1.54, 1.807) is 0 Å². The highest BCUT2D eigenvalue weighted by molar-refractivity contribution is 8.02. The zero-order valence-electron chi connectivity index (χ0n) is 18.5. The van der Waals surface area contributed by atoms with Crippen LogP contribution in [0.4, 0.5) is 5.82 Å². The number of allylic oxidation sites excluding steroid dienone is 5. The lowest BCUT2D eigenvalue weighted by atomic mass is 10.1. The Kier molecular flexibility index (Phi) is 9.92. The molecule has 5 heteroatoms. The number of hydrogen-bond donors (Lipinski definition) is 3. The van der Waals surface area contributed by atoms with Gasteiger partial charge in [-0.2, -0.15) is 0 Å². The maximum Gasteiger partial charge on any atom is 0.129 e. The molecule has 0 bridgehead atoms. The van der Waals surface area contributed by atoms with Crippen molar-refractivity contribution in [3.05, 3.63) is 70.3 Å². The number of hydrogen-bond acceptors (Lipinski definition) is 3. The molecule has 2 heterocycles. The van der Waals surface area contributed by atoms with Gasteiger partial charge in [0, 0.05) is 24.3 Å². The summed E-state index contributed by atoms with van der Waals surface area (Å²) in [5, 5.41) is 5.84. The molecule has 2 aromatic heterocycles. The van der Waals surface area contributed by atoms with E-state index in [4.69, 9.17) is 0 Å². The molecule has 0 saturated heterocycles. The van der Waals surface area contributed by atoms with Gasteiger partial charge in [0.2, 0.25) is 0 Å². The Bertz CT molecular complexity index is 808. The first-order valence-electron chi connectivity index (χ1n) is 10.4. The number of thioether (sulfide) groups is 1. The molecule has 0 aliphatic rings. The van der Waals surface area contributed by atoms with Crippen molar-refractivity contribution in [3.8, 4) is 0 Å². The lowest BCUT2D eigenvalue weighted by molar-refractivity contribution is 0.817. The van der Waals surface area contributed by atoms with Crippen molar-refractivity contribution in [2.24, 2.45) is 0 Å². The van der Waals surface area contributed by atoms with E-state index in [-0.39, 0.29) is 6.04 Å². The lowest BCUT2D eigenvalue weighted by Crippen LogP contribution is -2.15. The molecule has 4 nitrogen and oxygen atoms in total. The minimum Gasteiger partial charge on any atom is -0.361 e. The largest absolute Gasteiger partial charge is 0.361 e. The van der Waals surface area contributed by atoms with Crippen LogP contribution in [0.5, 0.6) is 0 Å². The first kappa shape index (κ1) is 23.1. The van der Waals surface area contributed by atoms with Gasteiger partial charge in [-0.15, -0.1) is 11.8 Å². The van der Waals surface area contributed by atoms with Gasteiger partial charge in [0.05, 0.1) is 6.04 Å². The minimum atomic E-state index is 0.134. The maximum atomic E-state index is 4.44. The van der Waals surface area contributed by atoms with Crippen molar-refractivity contribution < 1.29 is 0 Å². The molecule has 3 N–H and O–H groups in total. The highest BCUT2D eigenvalue weighted by Crippen LogP contribution is 2.23. The van der Waals surface area contributed by atoms with E-state index >= 15 is 0 Å². The molecule has 0 fully saturated rings. The van der Waals surface area contributed by atoms with Gasteiger partial charge in [-0.1, -0.05) is 28.9 Å². The summed E-state index contributed by atoms with van der Waals surface area (Å²) in [6.45, 7) is 10.9. The molecule has 0 spiro atoms. The van der Waals surface area contributed by atoms with Gasteiger partial charge in [-0.3, -0.25) is 0 Å². The standard InChI is InChI=1S/C24H36N4S/c1-18(2)8-6-9-19(3)10-7-11-20(4)16-29-17-22(24-25-12-13-26-24)28-23-14-21(5)15-27-23/h8,10,12-16,22,27-28H,6-7,9,11,17H2,1-5H3,(H,25,26). The SMILES string of the molecule is CC(C)=CCCC(C)=CCCC(C)=CSCC(Nc1cc(C)c[nH]1)c1ncc[nH]1. The number of imidazole rings is 1. The number of anilines is 1. The fourth-order valence-corrected chi connectivity index (χ4v) is 3.95. The normalized spacial score (nSPS) is 13.4. The van der Waals surface area contributed by atoms with Gasteiger partial charge in [0.1, 0.15) is 11.6 Å². The summed E-state index contributed by atoms with van der Waals surface area (Å²) in [7, 11) is 0. The van der Waals surface area contributed by atoms with Crippen molar-refractivity contribution in [2.45, 2.75) is 66.3 Å². The summed E-state index contributed by atoms with van der Waals surface area (Å²) in [6, 6.07) is 2.25. The fraction of sp³-hybridized carbons (Fsp3) is 0.458. The minimum absolute atomic E-state index is 0.134. The van der Waals surface area contributed by atoms with Crippen LogP contribution >= 0.6 is 11.8 Å². The zero-order valence-corrected chi connectivity index (χ0v) is 19.3. The summed E-state index contributed by atoms with van der Waals surface area (Å²) in [5.41, 5.74) is 5.55. The molecule has 2 aromatic rings. The molecule has 1 atom stereocenters. The predicted molar refractivity (Wildman–Crippen MR) is 128 cm³/mol. The Labute approximate surface area is 180 Å². The third kappa shape index (κ3) is 9.27. The molecule has 0 saturated carbocycles. The van der Waals surface area contributed by atoms with Crippen LogP contribution in [0.3, 0.4) is 0 Å². The first-order chi connectivity index (χ1) is 13.9. The van der Waals surface area contributed by atoms with Gasteiger partial charge in [-0.05, 0) is 77.3 Å². The third-order valence-corrected chi connectivity index (χ3v) is 5.77. The number of nitrogens with zero attached hydrogens (tertiary/aromatic N) is 1. The second-order valence-corrected chi connectivity index (χ2v) is 8.87. The molecule has 29 heavy (non-hydrogen) atoms. The second-order valence-electron chi connectivity index (χ2n) is 7.97. The topological polar surface area (TPSA) is 56.5 Å². The molecular formula is C24H36N4S. The van der Waals surface area contributed by atoms with E-state index < -0.39 is 0 Å². The number of aromatic amines is 2. The van der Waals surface area contributed by atoms with E-state index in [1.807, 2.05) is 30.4 Å². The van der Waals surface area contributed by atoms with Crippen molar-refractivity contribution in [1.82, 2.24) is 15.0 Å². The van der Waals surface area contributed by atoms with Crippen LogP contribution in [-0.4, -0.2) is 20.7 Å². The molecule has 0 aliphatic heterocycles. The third-order valence-electron chi connectivity index (χ3n) is 4.68. The molecule has 0 radical (unpaired) electrons. The predicted octanol–water partition coefficient (Wildman–Crippen LogP) is 7.31. The molecule has 0 amide bonds. The van der Waals surface area contributed by atoms with Crippen LogP contribution in [0.15, 0.2) is 58.9 Å². The van der Waals surface area contributed by atoms with E-state index in [1.165, 1.54) is 22.3 Å². The highest BCUT2D eigenvalue weighted by Gasteiger charge is 2.14. The van der Waals surface area contributed by atoms with Gasteiger partial charge in [0.25, 0.3) is 0 Å². The van der Waals surface area contributed by atoms with Gasteiger partial charge in [-0.25, -0.2) is 4.98 Å². The Balaban J connectivity index is 1.79. The van der Waals surface area contributed by atoms with Crippen LogP contribution in [0.25, 0.3) is 0 Å². The van der Waals surface area contributed by atoms with Gasteiger partial charge < -0.3 is 15.3 Å². The average Bonchev–Trinajstić information content (AvgIpc) is 3.32. The first-order valence-corrected chi connectivity index (χ1v) is 11.5. The molecule has 0 aliphatic carbocycles. The van der Waals surface area contributed by atoms with E-state index in [2.05, 4.69) is 78.5 Å². The highest BCUT2D eigenvalue weighted by atomic mass is 32.2.